The van der Waals surface area contributed by atoms with Crippen LogP contribution < -0.4 is 10.1 Å². The minimum atomic E-state index is -0.0158. The standard InChI is InChI=1S/C16H20Br2N2O/c1-6-19-11-8-12(16(2,3)4)20-14-9(17)7-10(18)15(21-5)13(11)14/h7-8H,6H2,1-5H3,(H,19,20). The highest BCUT2D eigenvalue weighted by Gasteiger charge is 2.21. The van der Waals surface area contributed by atoms with Crippen LogP contribution in [0.1, 0.15) is 33.4 Å². The zero-order chi connectivity index (χ0) is 15.8. The average molecular weight is 416 g/mol. The molecule has 114 valence electrons. The van der Waals surface area contributed by atoms with Crippen LogP contribution in [0.2, 0.25) is 0 Å². The fourth-order valence-corrected chi connectivity index (χ4v) is 3.64. The zero-order valence-corrected chi connectivity index (χ0v) is 16.1. The number of hydrogen-bond donors (Lipinski definition) is 1. The minimum Gasteiger partial charge on any atom is -0.495 e. The number of methoxy groups -OCH3 is 1. The van der Waals surface area contributed by atoms with Crippen LogP contribution in [0.4, 0.5) is 5.69 Å². The molecule has 5 heteroatoms. The van der Waals surface area contributed by atoms with E-state index in [1.54, 1.807) is 7.11 Å². The molecule has 1 heterocycles. The van der Waals surface area contributed by atoms with Gasteiger partial charge in [-0.1, -0.05) is 20.8 Å². The average Bonchev–Trinajstić information content (AvgIpc) is 2.38. The Balaban J connectivity index is 2.91. The van der Waals surface area contributed by atoms with Gasteiger partial charge in [0.05, 0.1) is 22.5 Å². The van der Waals surface area contributed by atoms with Gasteiger partial charge in [0.2, 0.25) is 0 Å². The number of nitrogens with one attached hydrogen (secondary N) is 1. The summed E-state index contributed by atoms with van der Waals surface area (Å²) in [5.74, 6) is 0.803. The Morgan fingerprint density at radius 1 is 1.19 bits per heavy atom. The monoisotopic (exact) mass is 414 g/mol. The van der Waals surface area contributed by atoms with E-state index < -0.39 is 0 Å². The van der Waals surface area contributed by atoms with E-state index in [2.05, 4.69) is 70.9 Å². The molecule has 2 rings (SSSR count). The van der Waals surface area contributed by atoms with Gasteiger partial charge in [0, 0.05) is 27.8 Å². The highest BCUT2D eigenvalue weighted by molar-refractivity contribution is 9.11. The van der Waals surface area contributed by atoms with E-state index in [1.807, 2.05) is 6.07 Å². The van der Waals surface area contributed by atoms with Crippen molar-refractivity contribution in [3.05, 3.63) is 26.8 Å². The van der Waals surface area contributed by atoms with Gasteiger partial charge in [0.1, 0.15) is 5.75 Å². The van der Waals surface area contributed by atoms with Crippen LogP contribution in [-0.4, -0.2) is 18.6 Å². The maximum atomic E-state index is 5.58. The van der Waals surface area contributed by atoms with Gasteiger partial charge in [-0.15, -0.1) is 0 Å². The molecule has 0 aliphatic heterocycles. The lowest BCUT2D eigenvalue weighted by atomic mass is 9.90. The Hall–Kier alpha value is -0.810. The fourth-order valence-electron chi connectivity index (χ4n) is 2.23. The Labute approximate surface area is 142 Å². The molecule has 0 saturated carbocycles. The predicted molar refractivity (Wildman–Crippen MR) is 96.6 cm³/mol. The molecular weight excluding hydrogens is 396 g/mol. The lowest BCUT2D eigenvalue weighted by Crippen LogP contribution is -2.15. The number of pyridine rings is 1. The van der Waals surface area contributed by atoms with Crippen LogP contribution in [-0.2, 0) is 5.41 Å². The Bertz CT molecular complexity index is 678. The van der Waals surface area contributed by atoms with Crippen molar-refractivity contribution >= 4 is 48.5 Å². The first-order valence-electron chi connectivity index (χ1n) is 6.90. The number of anilines is 1. The molecule has 0 amide bonds. The lowest BCUT2D eigenvalue weighted by molar-refractivity contribution is 0.417. The van der Waals surface area contributed by atoms with Crippen molar-refractivity contribution in [2.45, 2.75) is 33.1 Å². The van der Waals surface area contributed by atoms with Crippen LogP contribution >= 0.6 is 31.9 Å². The van der Waals surface area contributed by atoms with Crippen molar-refractivity contribution < 1.29 is 4.74 Å². The summed E-state index contributed by atoms with van der Waals surface area (Å²) in [5.41, 5.74) is 3.00. The molecule has 0 bridgehead atoms. The third-order valence-electron chi connectivity index (χ3n) is 3.28. The number of aromatic nitrogens is 1. The van der Waals surface area contributed by atoms with Crippen molar-refractivity contribution in [3.8, 4) is 5.75 Å². The molecule has 0 spiro atoms. The first kappa shape index (κ1) is 16.6. The van der Waals surface area contributed by atoms with Gasteiger partial charge in [0.25, 0.3) is 0 Å². The van der Waals surface area contributed by atoms with Crippen LogP contribution in [0.5, 0.6) is 5.75 Å². The van der Waals surface area contributed by atoms with Crippen molar-refractivity contribution in [3.63, 3.8) is 0 Å². The molecule has 0 aliphatic rings. The third-order valence-corrected chi connectivity index (χ3v) is 4.48. The summed E-state index contributed by atoms with van der Waals surface area (Å²) in [4.78, 5) is 4.85. The molecule has 0 unspecified atom stereocenters. The van der Waals surface area contributed by atoms with Crippen LogP contribution in [0.15, 0.2) is 21.1 Å². The van der Waals surface area contributed by atoms with E-state index in [9.17, 15) is 0 Å². The number of nitrogens with zero attached hydrogens (tertiary/aromatic N) is 1. The molecule has 1 N–H and O–H groups in total. The summed E-state index contributed by atoms with van der Waals surface area (Å²) < 4.78 is 7.44. The number of fused-ring (bicyclic) bond motifs is 1. The molecular formula is C16H20Br2N2O. The van der Waals surface area contributed by atoms with E-state index in [-0.39, 0.29) is 5.41 Å². The molecule has 0 saturated heterocycles. The molecule has 0 atom stereocenters. The topological polar surface area (TPSA) is 34.2 Å². The maximum Gasteiger partial charge on any atom is 0.144 e. The first-order chi connectivity index (χ1) is 9.79. The predicted octanol–water partition coefficient (Wildman–Crippen LogP) is 5.50. The molecule has 0 aliphatic carbocycles. The second-order valence-electron chi connectivity index (χ2n) is 5.93. The summed E-state index contributed by atoms with van der Waals surface area (Å²) in [7, 11) is 1.68. The van der Waals surface area contributed by atoms with Gasteiger partial charge in [-0.3, -0.25) is 4.98 Å². The molecule has 3 nitrogen and oxygen atoms in total. The Kier molecular flexibility index (Phi) is 4.83. The minimum absolute atomic E-state index is 0.0158. The van der Waals surface area contributed by atoms with Crippen LogP contribution in [0.25, 0.3) is 10.9 Å². The van der Waals surface area contributed by atoms with Crippen molar-refractivity contribution in [1.82, 2.24) is 4.98 Å². The molecule has 1 aromatic heterocycles. The highest BCUT2D eigenvalue weighted by atomic mass is 79.9. The molecule has 0 radical (unpaired) electrons. The quantitative estimate of drug-likeness (QED) is 0.718. The van der Waals surface area contributed by atoms with Crippen LogP contribution in [0, 0.1) is 0 Å². The van der Waals surface area contributed by atoms with E-state index >= 15 is 0 Å². The summed E-state index contributed by atoms with van der Waals surface area (Å²) in [6, 6.07) is 4.10. The SMILES string of the molecule is CCNc1cc(C(C)(C)C)nc2c(Br)cc(Br)c(OC)c12. The van der Waals surface area contributed by atoms with Gasteiger partial charge < -0.3 is 10.1 Å². The van der Waals surface area contributed by atoms with Gasteiger partial charge in [-0.2, -0.15) is 0 Å². The zero-order valence-electron chi connectivity index (χ0n) is 13.0. The van der Waals surface area contributed by atoms with Crippen molar-refractivity contribution in [1.29, 1.82) is 0 Å². The van der Waals surface area contributed by atoms with Gasteiger partial charge >= 0.3 is 0 Å². The van der Waals surface area contributed by atoms with E-state index in [0.29, 0.717) is 0 Å². The molecule has 1 aromatic carbocycles. The number of hydrogen-bond acceptors (Lipinski definition) is 3. The summed E-state index contributed by atoms with van der Waals surface area (Å²) in [6.07, 6.45) is 0. The van der Waals surface area contributed by atoms with Gasteiger partial charge in [-0.25, -0.2) is 0 Å². The number of benzene rings is 1. The highest BCUT2D eigenvalue weighted by Crippen LogP contribution is 2.42. The van der Waals surface area contributed by atoms with E-state index in [1.165, 1.54) is 0 Å². The number of halogens is 2. The number of rotatable bonds is 3. The molecule has 2 aromatic rings. The molecule has 21 heavy (non-hydrogen) atoms. The smallest absolute Gasteiger partial charge is 0.144 e. The maximum absolute atomic E-state index is 5.58. The lowest BCUT2D eigenvalue weighted by Gasteiger charge is -2.22. The van der Waals surface area contributed by atoms with Gasteiger partial charge in [0.15, 0.2) is 0 Å². The Morgan fingerprint density at radius 3 is 2.38 bits per heavy atom. The first-order valence-corrected chi connectivity index (χ1v) is 8.49. The summed E-state index contributed by atoms with van der Waals surface area (Å²) in [5, 5.41) is 4.42. The van der Waals surface area contributed by atoms with E-state index in [4.69, 9.17) is 9.72 Å². The summed E-state index contributed by atoms with van der Waals surface area (Å²) in [6.45, 7) is 9.43. The van der Waals surface area contributed by atoms with Gasteiger partial charge in [-0.05, 0) is 50.9 Å². The fraction of sp³-hybridized carbons (Fsp3) is 0.438. The second kappa shape index (κ2) is 6.13. The van der Waals surface area contributed by atoms with E-state index in [0.717, 1.165) is 43.5 Å². The van der Waals surface area contributed by atoms with Crippen LogP contribution in [0.3, 0.4) is 0 Å². The largest absolute Gasteiger partial charge is 0.495 e. The Morgan fingerprint density at radius 2 is 1.86 bits per heavy atom. The van der Waals surface area contributed by atoms with Crippen molar-refractivity contribution in [2.75, 3.05) is 19.0 Å². The van der Waals surface area contributed by atoms with Crippen molar-refractivity contribution in [2.24, 2.45) is 0 Å². The number of ether oxygens (including phenoxy) is 1. The normalized spacial score (nSPS) is 11.8. The second-order valence-corrected chi connectivity index (χ2v) is 7.64. The third kappa shape index (κ3) is 3.19. The summed E-state index contributed by atoms with van der Waals surface area (Å²) >= 11 is 7.18. The molecule has 0 fully saturated rings.